The van der Waals surface area contributed by atoms with E-state index in [2.05, 4.69) is 42.3 Å². The van der Waals surface area contributed by atoms with Gasteiger partial charge in [0.25, 0.3) is 0 Å². The lowest BCUT2D eigenvalue weighted by atomic mass is 9.79. The highest BCUT2D eigenvalue weighted by molar-refractivity contribution is 5.22. The Kier molecular flexibility index (Phi) is 4.57. The molecule has 2 heteroatoms. The summed E-state index contributed by atoms with van der Waals surface area (Å²) in [6.45, 7) is 1.77. The topological polar surface area (TPSA) is 29.3 Å². The summed E-state index contributed by atoms with van der Waals surface area (Å²) in [5, 5.41) is 0. The Labute approximate surface area is 105 Å². The third-order valence-corrected chi connectivity index (χ3v) is 4.01. The van der Waals surface area contributed by atoms with Gasteiger partial charge in [0.2, 0.25) is 0 Å². The van der Waals surface area contributed by atoms with E-state index in [0.717, 1.165) is 13.1 Å². The zero-order valence-corrected chi connectivity index (χ0v) is 10.8. The second-order valence-electron chi connectivity index (χ2n) is 5.14. The molecule has 2 nitrogen and oxygen atoms in total. The smallest absolute Gasteiger partial charge is 0.0161 e. The van der Waals surface area contributed by atoms with Gasteiger partial charge >= 0.3 is 0 Å². The first-order valence-electron chi connectivity index (χ1n) is 6.78. The second-order valence-corrected chi connectivity index (χ2v) is 5.14. The monoisotopic (exact) mass is 232 g/mol. The van der Waals surface area contributed by atoms with Crippen LogP contribution in [0.15, 0.2) is 30.3 Å². The standard InChI is InChI=1S/C15H24N2/c1-17(12-11-16)15-10-6-5-9-14(15)13-7-3-2-4-8-13/h2-4,7-8,14-15H,5-6,9-12,16H2,1H3. The van der Waals surface area contributed by atoms with Crippen LogP contribution in [0, 0.1) is 0 Å². The van der Waals surface area contributed by atoms with Crippen molar-refractivity contribution < 1.29 is 0 Å². The Morgan fingerprint density at radius 1 is 1.18 bits per heavy atom. The molecule has 1 aliphatic carbocycles. The van der Waals surface area contributed by atoms with Crippen molar-refractivity contribution in [3.63, 3.8) is 0 Å². The van der Waals surface area contributed by atoms with Crippen molar-refractivity contribution in [1.82, 2.24) is 4.90 Å². The van der Waals surface area contributed by atoms with E-state index in [0.29, 0.717) is 12.0 Å². The average molecular weight is 232 g/mol. The van der Waals surface area contributed by atoms with E-state index in [1.54, 1.807) is 0 Å². The first-order valence-corrected chi connectivity index (χ1v) is 6.78. The summed E-state index contributed by atoms with van der Waals surface area (Å²) >= 11 is 0. The van der Waals surface area contributed by atoms with Gasteiger partial charge in [0, 0.05) is 19.1 Å². The van der Waals surface area contributed by atoms with E-state index in [9.17, 15) is 0 Å². The van der Waals surface area contributed by atoms with Crippen LogP contribution in [0.1, 0.15) is 37.2 Å². The number of nitrogens with zero attached hydrogens (tertiary/aromatic N) is 1. The van der Waals surface area contributed by atoms with Crippen molar-refractivity contribution in [2.75, 3.05) is 20.1 Å². The average Bonchev–Trinajstić information content (AvgIpc) is 2.40. The zero-order chi connectivity index (χ0) is 12.1. The van der Waals surface area contributed by atoms with Gasteiger partial charge in [-0.25, -0.2) is 0 Å². The molecule has 2 unspecified atom stereocenters. The summed E-state index contributed by atoms with van der Waals surface area (Å²) in [5.41, 5.74) is 7.18. The Balaban J connectivity index is 2.12. The molecule has 94 valence electrons. The summed E-state index contributed by atoms with van der Waals surface area (Å²) in [4.78, 5) is 2.46. The van der Waals surface area contributed by atoms with Crippen LogP contribution in [-0.2, 0) is 0 Å². The molecule has 2 atom stereocenters. The lowest BCUT2D eigenvalue weighted by Crippen LogP contribution is -2.41. The van der Waals surface area contributed by atoms with Crippen LogP contribution in [0.25, 0.3) is 0 Å². The summed E-state index contributed by atoms with van der Waals surface area (Å²) in [6.07, 6.45) is 5.37. The van der Waals surface area contributed by atoms with E-state index in [1.807, 2.05) is 0 Å². The molecule has 0 saturated heterocycles. The molecule has 2 rings (SSSR count). The minimum Gasteiger partial charge on any atom is -0.329 e. The fourth-order valence-electron chi connectivity index (χ4n) is 3.10. The molecule has 0 aromatic heterocycles. The van der Waals surface area contributed by atoms with Crippen molar-refractivity contribution in [1.29, 1.82) is 0 Å². The van der Waals surface area contributed by atoms with E-state index < -0.39 is 0 Å². The molecule has 1 aliphatic rings. The van der Waals surface area contributed by atoms with Gasteiger partial charge in [-0.1, -0.05) is 43.2 Å². The molecule has 0 radical (unpaired) electrons. The van der Waals surface area contributed by atoms with E-state index in [1.165, 1.54) is 31.2 Å². The van der Waals surface area contributed by atoms with Crippen LogP contribution in [0.3, 0.4) is 0 Å². The Hall–Kier alpha value is -0.860. The molecular weight excluding hydrogens is 208 g/mol. The molecular formula is C15H24N2. The highest BCUT2D eigenvalue weighted by atomic mass is 15.1. The minimum absolute atomic E-state index is 0.676. The van der Waals surface area contributed by atoms with Crippen molar-refractivity contribution >= 4 is 0 Å². The van der Waals surface area contributed by atoms with Gasteiger partial charge in [-0.3, -0.25) is 0 Å². The van der Waals surface area contributed by atoms with Crippen molar-refractivity contribution in [2.45, 2.75) is 37.6 Å². The SMILES string of the molecule is CN(CCN)C1CCCCC1c1ccccc1. The van der Waals surface area contributed by atoms with Gasteiger partial charge in [-0.05, 0) is 31.4 Å². The van der Waals surface area contributed by atoms with Crippen LogP contribution < -0.4 is 5.73 Å². The largest absolute Gasteiger partial charge is 0.329 e. The second kappa shape index (κ2) is 6.18. The maximum atomic E-state index is 5.68. The zero-order valence-electron chi connectivity index (χ0n) is 10.8. The lowest BCUT2D eigenvalue weighted by molar-refractivity contribution is 0.171. The Bertz CT molecular complexity index is 323. The predicted octanol–water partition coefficient (Wildman–Crippen LogP) is 2.60. The summed E-state index contributed by atoms with van der Waals surface area (Å²) in [7, 11) is 2.22. The number of hydrogen-bond acceptors (Lipinski definition) is 2. The van der Waals surface area contributed by atoms with E-state index >= 15 is 0 Å². The lowest BCUT2D eigenvalue weighted by Gasteiger charge is -2.38. The van der Waals surface area contributed by atoms with Crippen LogP contribution in [0.5, 0.6) is 0 Å². The molecule has 0 spiro atoms. The number of hydrogen-bond donors (Lipinski definition) is 1. The van der Waals surface area contributed by atoms with E-state index in [4.69, 9.17) is 5.73 Å². The molecule has 0 bridgehead atoms. The number of nitrogens with two attached hydrogens (primary N) is 1. The molecule has 17 heavy (non-hydrogen) atoms. The van der Waals surface area contributed by atoms with Gasteiger partial charge in [-0.2, -0.15) is 0 Å². The summed E-state index contributed by atoms with van der Waals surface area (Å²) in [5.74, 6) is 0.696. The quantitative estimate of drug-likeness (QED) is 0.864. The first-order chi connectivity index (χ1) is 8.33. The van der Waals surface area contributed by atoms with Gasteiger partial charge in [-0.15, -0.1) is 0 Å². The van der Waals surface area contributed by atoms with Gasteiger partial charge in [0.15, 0.2) is 0 Å². The normalized spacial score (nSPS) is 25.1. The molecule has 1 fully saturated rings. The van der Waals surface area contributed by atoms with Crippen LogP contribution >= 0.6 is 0 Å². The van der Waals surface area contributed by atoms with Crippen molar-refractivity contribution in [3.8, 4) is 0 Å². The van der Waals surface area contributed by atoms with Gasteiger partial charge in [0.05, 0.1) is 0 Å². The molecule has 0 heterocycles. The van der Waals surface area contributed by atoms with Gasteiger partial charge in [0.1, 0.15) is 0 Å². The first kappa shape index (κ1) is 12.6. The van der Waals surface area contributed by atoms with Crippen molar-refractivity contribution in [3.05, 3.63) is 35.9 Å². The minimum atomic E-state index is 0.676. The molecule has 1 saturated carbocycles. The number of likely N-dealkylation sites (N-methyl/N-ethyl adjacent to an activating group) is 1. The highest BCUT2D eigenvalue weighted by Crippen LogP contribution is 2.35. The summed E-state index contributed by atoms with van der Waals surface area (Å²) in [6, 6.07) is 11.6. The predicted molar refractivity (Wildman–Crippen MR) is 73.1 cm³/mol. The maximum absolute atomic E-state index is 5.68. The fraction of sp³-hybridized carbons (Fsp3) is 0.600. The highest BCUT2D eigenvalue weighted by Gasteiger charge is 2.28. The molecule has 1 aromatic rings. The third kappa shape index (κ3) is 3.08. The number of benzene rings is 1. The Morgan fingerprint density at radius 2 is 1.88 bits per heavy atom. The fourth-order valence-corrected chi connectivity index (χ4v) is 3.10. The third-order valence-electron chi connectivity index (χ3n) is 4.01. The molecule has 0 aliphatic heterocycles. The van der Waals surface area contributed by atoms with Crippen LogP contribution in [0.2, 0.25) is 0 Å². The molecule has 0 amide bonds. The Morgan fingerprint density at radius 3 is 2.59 bits per heavy atom. The van der Waals surface area contributed by atoms with Crippen LogP contribution in [0.4, 0.5) is 0 Å². The molecule has 2 N–H and O–H groups in total. The summed E-state index contributed by atoms with van der Waals surface area (Å²) < 4.78 is 0. The van der Waals surface area contributed by atoms with E-state index in [-0.39, 0.29) is 0 Å². The van der Waals surface area contributed by atoms with Gasteiger partial charge < -0.3 is 10.6 Å². The number of rotatable bonds is 4. The molecule has 1 aromatic carbocycles. The maximum Gasteiger partial charge on any atom is 0.0161 e. The van der Waals surface area contributed by atoms with Crippen LogP contribution in [-0.4, -0.2) is 31.1 Å². The van der Waals surface area contributed by atoms with Crippen molar-refractivity contribution in [2.24, 2.45) is 5.73 Å².